The molecule has 3 aromatic heterocycles. The van der Waals surface area contributed by atoms with Gasteiger partial charge in [-0.2, -0.15) is 11.0 Å². The summed E-state index contributed by atoms with van der Waals surface area (Å²) < 4.78 is 7.73. The van der Waals surface area contributed by atoms with E-state index in [1.807, 2.05) is 44.2 Å². The van der Waals surface area contributed by atoms with Crippen molar-refractivity contribution < 1.29 is 9.57 Å². The number of hydrogen-bond donors (Lipinski definition) is 2. The maximum absolute atomic E-state index is 5.62. The fraction of sp³-hybridized carbons (Fsp3) is 0.292. The van der Waals surface area contributed by atoms with Gasteiger partial charge in [0.1, 0.15) is 5.75 Å². The molecule has 8 heteroatoms. The molecule has 3 N–H and O–H groups in total. The molecule has 0 amide bonds. The topological polar surface area (TPSA) is 100 Å². The second kappa shape index (κ2) is 9.23. The number of nitrogens with zero attached hydrogens (tertiary/aromatic N) is 4. The third kappa shape index (κ3) is 3.97. The van der Waals surface area contributed by atoms with Crippen LogP contribution >= 0.6 is 0 Å². The number of fused-ring (bicyclic) bond motifs is 1. The summed E-state index contributed by atoms with van der Waals surface area (Å²) in [7, 11) is 0. The van der Waals surface area contributed by atoms with E-state index in [-0.39, 0.29) is 0 Å². The number of pyridine rings is 1. The van der Waals surface area contributed by atoms with Gasteiger partial charge < -0.3 is 19.5 Å². The van der Waals surface area contributed by atoms with Crippen molar-refractivity contribution in [3.05, 3.63) is 65.4 Å². The Hall–Kier alpha value is -3.65. The summed E-state index contributed by atoms with van der Waals surface area (Å²) in [6, 6.07) is 11.6. The summed E-state index contributed by atoms with van der Waals surface area (Å²) in [5.74, 6) is 7.61. The molecule has 0 aliphatic carbocycles. The number of aryl methyl sites for hydroxylation is 3. The Morgan fingerprint density at radius 3 is 2.56 bits per heavy atom. The monoisotopic (exact) mass is 432 g/mol. The number of rotatable bonds is 8. The van der Waals surface area contributed by atoms with Crippen molar-refractivity contribution in [1.29, 1.82) is 0 Å². The molecule has 3 heterocycles. The summed E-state index contributed by atoms with van der Waals surface area (Å²) in [4.78, 5) is 9.60. The zero-order valence-corrected chi connectivity index (χ0v) is 18.8. The van der Waals surface area contributed by atoms with Crippen LogP contribution in [0.4, 0.5) is 5.82 Å². The minimum atomic E-state index is 0.533. The largest absolute Gasteiger partial charge is 0.494 e. The molecule has 0 bridgehead atoms. The maximum atomic E-state index is 5.62. The van der Waals surface area contributed by atoms with Crippen molar-refractivity contribution in [1.82, 2.24) is 19.7 Å². The van der Waals surface area contributed by atoms with Crippen molar-refractivity contribution >= 4 is 16.6 Å². The van der Waals surface area contributed by atoms with Crippen LogP contribution in [0.5, 0.6) is 11.5 Å². The average Bonchev–Trinajstić information content (AvgIpc) is 3.07. The van der Waals surface area contributed by atoms with Gasteiger partial charge in [-0.15, -0.1) is 5.10 Å². The van der Waals surface area contributed by atoms with E-state index in [9.17, 15) is 0 Å². The van der Waals surface area contributed by atoms with Gasteiger partial charge in [-0.25, -0.2) is 0 Å². The second-order valence-electron chi connectivity index (χ2n) is 7.57. The molecule has 0 fully saturated rings. The fourth-order valence-electron chi connectivity index (χ4n) is 4.16. The lowest BCUT2D eigenvalue weighted by molar-refractivity contribution is 0.319. The molecule has 0 saturated carbocycles. The van der Waals surface area contributed by atoms with Gasteiger partial charge in [0.15, 0.2) is 11.6 Å². The quantitative estimate of drug-likeness (QED) is 0.405. The normalized spacial score (nSPS) is 11.0. The predicted octanol–water partition coefficient (Wildman–Crippen LogP) is 4.05. The van der Waals surface area contributed by atoms with Crippen LogP contribution in [0.15, 0.2) is 42.6 Å². The van der Waals surface area contributed by atoms with Gasteiger partial charge in [0, 0.05) is 53.1 Å². The number of hydrogen-bond acceptors (Lipinski definition) is 7. The lowest BCUT2D eigenvalue weighted by Gasteiger charge is -2.15. The standard InChI is InChI=1S/C24H28N6O2/c1-5-31-19-9-10-20(21(14-19)32-25)30-16(3)22-15(2)28-29-24(23(22)17(30)4)27-13-11-18-8-6-7-12-26-18/h6-10,12,14H,5,11,13,25H2,1-4H3,(H,27,29). The smallest absolute Gasteiger partial charge is 0.174 e. The van der Waals surface area contributed by atoms with E-state index >= 15 is 0 Å². The zero-order chi connectivity index (χ0) is 22.7. The van der Waals surface area contributed by atoms with Gasteiger partial charge in [0.2, 0.25) is 0 Å². The Balaban J connectivity index is 1.76. The molecular weight excluding hydrogens is 404 g/mol. The summed E-state index contributed by atoms with van der Waals surface area (Å²) in [5, 5.41) is 14.4. The van der Waals surface area contributed by atoms with Crippen LogP contribution in [0.3, 0.4) is 0 Å². The lowest BCUT2D eigenvalue weighted by atomic mass is 10.1. The first-order chi connectivity index (χ1) is 15.5. The van der Waals surface area contributed by atoms with Crippen LogP contribution in [0, 0.1) is 20.8 Å². The van der Waals surface area contributed by atoms with E-state index in [2.05, 4.69) is 38.9 Å². The molecule has 1 aromatic carbocycles. The van der Waals surface area contributed by atoms with Crippen LogP contribution < -0.4 is 20.8 Å². The molecule has 0 atom stereocenters. The second-order valence-corrected chi connectivity index (χ2v) is 7.57. The van der Waals surface area contributed by atoms with Crippen molar-refractivity contribution in [2.75, 3.05) is 18.5 Å². The molecule has 0 saturated heterocycles. The Morgan fingerprint density at radius 1 is 1.03 bits per heavy atom. The average molecular weight is 433 g/mol. The van der Waals surface area contributed by atoms with Crippen molar-refractivity contribution in [2.24, 2.45) is 5.90 Å². The third-order valence-corrected chi connectivity index (χ3v) is 5.55. The van der Waals surface area contributed by atoms with E-state index in [0.717, 1.165) is 51.5 Å². The number of aromatic nitrogens is 4. The van der Waals surface area contributed by atoms with Gasteiger partial charge in [0.05, 0.1) is 18.0 Å². The SMILES string of the molecule is CCOc1ccc(-n2c(C)c3c(C)nnc(NCCc4ccccn4)c3c2C)c(ON)c1. The highest BCUT2D eigenvalue weighted by molar-refractivity contribution is 5.98. The van der Waals surface area contributed by atoms with Gasteiger partial charge in [-0.1, -0.05) is 6.07 Å². The predicted molar refractivity (Wildman–Crippen MR) is 125 cm³/mol. The molecule has 0 aliphatic rings. The highest BCUT2D eigenvalue weighted by atomic mass is 16.6. The van der Waals surface area contributed by atoms with Crippen LogP contribution in [0.2, 0.25) is 0 Å². The Bertz CT molecular complexity index is 1240. The molecule has 4 rings (SSSR count). The maximum Gasteiger partial charge on any atom is 0.174 e. The first-order valence-electron chi connectivity index (χ1n) is 10.7. The van der Waals surface area contributed by atoms with Crippen LogP contribution in [-0.4, -0.2) is 32.9 Å². The first kappa shape index (κ1) is 21.6. The number of nitrogens with two attached hydrogens (primary N) is 1. The van der Waals surface area contributed by atoms with Crippen LogP contribution in [-0.2, 0) is 6.42 Å². The van der Waals surface area contributed by atoms with E-state index in [0.29, 0.717) is 24.7 Å². The Labute approximate surface area is 187 Å². The molecule has 0 spiro atoms. The fourth-order valence-corrected chi connectivity index (χ4v) is 4.16. The minimum Gasteiger partial charge on any atom is -0.494 e. The molecule has 0 unspecified atom stereocenters. The lowest BCUT2D eigenvalue weighted by Crippen LogP contribution is -2.09. The van der Waals surface area contributed by atoms with Gasteiger partial charge in [-0.3, -0.25) is 4.98 Å². The van der Waals surface area contributed by atoms with Crippen LogP contribution in [0.25, 0.3) is 16.5 Å². The molecule has 4 aromatic rings. The van der Waals surface area contributed by atoms with Gasteiger partial charge in [0.25, 0.3) is 0 Å². The van der Waals surface area contributed by atoms with Gasteiger partial charge in [-0.05, 0) is 52.0 Å². The molecule has 32 heavy (non-hydrogen) atoms. The van der Waals surface area contributed by atoms with E-state index < -0.39 is 0 Å². The first-order valence-corrected chi connectivity index (χ1v) is 10.7. The summed E-state index contributed by atoms with van der Waals surface area (Å²) in [5.41, 5.74) is 4.80. The highest BCUT2D eigenvalue weighted by Crippen LogP contribution is 2.37. The number of benzene rings is 1. The van der Waals surface area contributed by atoms with Crippen molar-refractivity contribution in [2.45, 2.75) is 34.1 Å². The number of ether oxygens (including phenoxy) is 1. The minimum absolute atomic E-state index is 0.533. The molecule has 0 radical (unpaired) electrons. The summed E-state index contributed by atoms with van der Waals surface area (Å²) in [6.45, 7) is 9.32. The Kier molecular flexibility index (Phi) is 6.23. The van der Waals surface area contributed by atoms with E-state index in [4.69, 9.17) is 15.5 Å². The van der Waals surface area contributed by atoms with Crippen molar-refractivity contribution in [3.8, 4) is 17.2 Å². The molecule has 8 nitrogen and oxygen atoms in total. The van der Waals surface area contributed by atoms with E-state index in [1.54, 1.807) is 12.3 Å². The summed E-state index contributed by atoms with van der Waals surface area (Å²) in [6.07, 6.45) is 2.60. The molecular formula is C24H28N6O2. The highest BCUT2D eigenvalue weighted by Gasteiger charge is 2.21. The number of anilines is 1. The molecule has 0 aliphatic heterocycles. The third-order valence-electron chi connectivity index (χ3n) is 5.55. The van der Waals surface area contributed by atoms with E-state index in [1.165, 1.54) is 0 Å². The molecule has 166 valence electrons. The number of nitrogens with one attached hydrogen (secondary N) is 1. The summed E-state index contributed by atoms with van der Waals surface area (Å²) >= 11 is 0. The zero-order valence-electron chi connectivity index (χ0n) is 18.8. The van der Waals surface area contributed by atoms with Crippen LogP contribution in [0.1, 0.15) is 29.7 Å². The Morgan fingerprint density at radius 2 is 1.84 bits per heavy atom. The van der Waals surface area contributed by atoms with Crippen molar-refractivity contribution in [3.63, 3.8) is 0 Å². The van der Waals surface area contributed by atoms with Gasteiger partial charge >= 0.3 is 0 Å².